The van der Waals surface area contributed by atoms with E-state index in [0.29, 0.717) is 40.5 Å². The largest absolute Gasteiger partial charge is 0.516 e. The van der Waals surface area contributed by atoms with Crippen molar-refractivity contribution in [3.8, 4) is 11.3 Å². The van der Waals surface area contributed by atoms with Gasteiger partial charge in [0.05, 0.1) is 15.9 Å². The summed E-state index contributed by atoms with van der Waals surface area (Å²) >= 11 is 3.48. The van der Waals surface area contributed by atoms with Crippen LogP contribution in [-0.2, 0) is 29.4 Å². The molecule has 0 aliphatic carbocycles. The highest BCUT2D eigenvalue weighted by molar-refractivity contribution is 9.10. The average molecular weight is 612 g/mol. The molecule has 0 radical (unpaired) electrons. The molecule has 0 saturated carbocycles. The molecule has 0 spiro atoms. The lowest BCUT2D eigenvalue weighted by atomic mass is 10.0. The Balaban J connectivity index is 1.73. The Kier molecular flexibility index (Phi) is 8.03. The number of carbonyl (C=O) groups is 1. The lowest BCUT2D eigenvalue weighted by Crippen LogP contribution is -2.30. The zero-order chi connectivity index (χ0) is 27.7. The number of nitrogens with one attached hydrogen (secondary N) is 1. The van der Waals surface area contributed by atoms with Crippen molar-refractivity contribution < 1.29 is 30.8 Å². The fraction of sp³-hybridized carbons (Fsp3) is 0.308. The normalized spacial score (nSPS) is 12.3. The first kappa shape index (κ1) is 27.9. The van der Waals surface area contributed by atoms with E-state index < -0.39 is 15.5 Å². The third kappa shape index (κ3) is 5.37. The first-order valence-corrected chi connectivity index (χ1v) is 14.2. The van der Waals surface area contributed by atoms with Crippen molar-refractivity contribution in [1.29, 1.82) is 0 Å². The van der Waals surface area contributed by atoms with Crippen LogP contribution in [0.5, 0.6) is 0 Å². The number of halogens is 4. The van der Waals surface area contributed by atoms with E-state index in [1.165, 1.54) is 18.2 Å². The van der Waals surface area contributed by atoms with E-state index in [2.05, 4.69) is 28.0 Å². The summed E-state index contributed by atoms with van der Waals surface area (Å²) in [7, 11) is -5.63. The van der Waals surface area contributed by atoms with Gasteiger partial charge in [0.1, 0.15) is 11.3 Å². The molecule has 0 aliphatic rings. The van der Waals surface area contributed by atoms with Crippen molar-refractivity contribution in [2.24, 2.45) is 0 Å². The van der Waals surface area contributed by atoms with Gasteiger partial charge < -0.3 is 4.42 Å². The summed E-state index contributed by atoms with van der Waals surface area (Å²) in [4.78, 5) is 11.9. The summed E-state index contributed by atoms with van der Waals surface area (Å²) in [6, 6.07) is 11.1. The third-order valence-corrected chi connectivity index (χ3v) is 8.03. The minimum Gasteiger partial charge on any atom is -0.455 e. The second-order valence-electron chi connectivity index (χ2n) is 8.71. The summed E-state index contributed by atoms with van der Waals surface area (Å²) in [5, 5.41) is 5.28. The first-order chi connectivity index (χ1) is 18.0. The van der Waals surface area contributed by atoms with Crippen LogP contribution in [0, 0.1) is 0 Å². The fourth-order valence-corrected chi connectivity index (χ4v) is 5.41. The number of sulfonamides is 1. The minimum absolute atomic E-state index is 0.138. The number of hydrogen-bond acceptors (Lipinski definition) is 5. The highest BCUT2D eigenvalue weighted by atomic mass is 79.9. The lowest BCUT2D eigenvalue weighted by molar-refractivity contribution is -0.0429. The van der Waals surface area contributed by atoms with Crippen LogP contribution in [0.4, 0.5) is 18.9 Å². The number of aryl methyl sites for hydroxylation is 2. The molecular weight excluding hydrogens is 587 g/mol. The quantitative estimate of drug-likeness (QED) is 0.193. The summed E-state index contributed by atoms with van der Waals surface area (Å²) in [5.74, 6) is 0.174. The molecule has 12 heteroatoms. The predicted octanol–water partition coefficient (Wildman–Crippen LogP) is 7.09. The van der Waals surface area contributed by atoms with Crippen LogP contribution in [0.1, 0.15) is 54.0 Å². The Hall–Kier alpha value is -3.12. The van der Waals surface area contributed by atoms with Crippen molar-refractivity contribution in [3.63, 3.8) is 0 Å². The van der Waals surface area contributed by atoms with E-state index in [-0.39, 0.29) is 17.0 Å². The van der Waals surface area contributed by atoms with Gasteiger partial charge in [0.2, 0.25) is 0 Å². The molecule has 2 heterocycles. The molecule has 1 N–H and O–H groups in total. The van der Waals surface area contributed by atoms with Crippen LogP contribution in [0.3, 0.4) is 0 Å². The van der Waals surface area contributed by atoms with Crippen molar-refractivity contribution in [1.82, 2.24) is 9.78 Å². The predicted molar refractivity (Wildman–Crippen MR) is 143 cm³/mol. The number of aromatic nitrogens is 2. The van der Waals surface area contributed by atoms with Crippen LogP contribution in [0.2, 0.25) is 0 Å². The van der Waals surface area contributed by atoms with Gasteiger partial charge in [0, 0.05) is 29.5 Å². The Labute approximate surface area is 226 Å². The molecular formula is C26H25BrF3N3O4S. The molecule has 4 rings (SSSR count). The van der Waals surface area contributed by atoms with E-state index in [1.807, 2.05) is 19.1 Å². The van der Waals surface area contributed by atoms with Gasteiger partial charge in [-0.05, 0) is 58.6 Å². The number of benzene rings is 2. The number of aldehydes is 1. The van der Waals surface area contributed by atoms with Gasteiger partial charge in [-0.3, -0.25) is 14.2 Å². The summed E-state index contributed by atoms with van der Waals surface area (Å²) < 4.78 is 72.2. The highest BCUT2D eigenvalue weighted by Gasteiger charge is 2.46. The standard InChI is InChI=1S/C26H25BrF3N3O4S/c1-3-5-12-33-22(15-34)18(20(4-2)31-33)13-16-10-11-23-19(14-16)24(27)25(37-23)17-8-6-7-9-21(17)32-38(35,36)26(28,29)30/h6-11,14-15,32H,3-5,12-13H2,1-2H3. The van der Waals surface area contributed by atoms with Crippen molar-refractivity contribution in [3.05, 3.63) is 69.5 Å². The molecule has 0 saturated heterocycles. The molecule has 0 amide bonds. The first-order valence-electron chi connectivity index (χ1n) is 11.9. The maximum absolute atomic E-state index is 13.0. The molecule has 4 aromatic rings. The molecule has 0 aliphatic heterocycles. The SMILES string of the molecule is CCCCn1nc(CC)c(Cc2ccc3oc(-c4ccccc4NS(=O)(=O)C(F)(F)F)c(Br)c3c2)c1C=O. The molecule has 202 valence electrons. The molecule has 2 aromatic carbocycles. The summed E-state index contributed by atoms with van der Waals surface area (Å²) in [6.07, 6.45) is 3.84. The van der Waals surface area contributed by atoms with Crippen LogP contribution < -0.4 is 4.72 Å². The number of nitrogens with zero attached hydrogens (tertiary/aromatic N) is 2. The van der Waals surface area contributed by atoms with E-state index >= 15 is 0 Å². The average Bonchev–Trinajstić information content (AvgIpc) is 3.38. The number of furan rings is 1. The van der Waals surface area contributed by atoms with Gasteiger partial charge in [-0.1, -0.05) is 38.5 Å². The van der Waals surface area contributed by atoms with Crippen LogP contribution in [-0.4, -0.2) is 30.0 Å². The van der Waals surface area contributed by atoms with Gasteiger partial charge in [-0.2, -0.15) is 26.7 Å². The van der Waals surface area contributed by atoms with Crippen molar-refractivity contribution in [2.45, 2.75) is 51.6 Å². The number of unbranched alkanes of at least 4 members (excludes halogenated alkanes) is 1. The minimum atomic E-state index is -5.63. The van der Waals surface area contributed by atoms with Gasteiger partial charge in [0.15, 0.2) is 12.0 Å². The molecule has 38 heavy (non-hydrogen) atoms. The number of anilines is 1. The van der Waals surface area contributed by atoms with Crippen LogP contribution in [0.15, 0.2) is 51.4 Å². The topological polar surface area (TPSA) is 94.2 Å². The summed E-state index contributed by atoms with van der Waals surface area (Å²) in [6.45, 7) is 4.71. The van der Waals surface area contributed by atoms with Gasteiger partial charge in [-0.15, -0.1) is 0 Å². The smallest absolute Gasteiger partial charge is 0.455 e. The number of para-hydroxylation sites is 1. The maximum atomic E-state index is 13.0. The van der Waals surface area contributed by atoms with E-state index in [4.69, 9.17) is 4.42 Å². The lowest BCUT2D eigenvalue weighted by Gasteiger charge is -2.13. The molecule has 2 aromatic heterocycles. The van der Waals surface area contributed by atoms with Crippen LogP contribution >= 0.6 is 15.9 Å². The third-order valence-electron chi connectivity index (χ3n) is 6.14. The Morgan fingerprint density at radius 2 is 1.89 bits per heavy atom. The fourth-order valence-electron chi connectivity index (χ4n) is 4.23. The molecule has 0 fully saturated rings. The second-order valence-corrected chi connectivity index (χ2v) is 11.2. The monoisotopic (exact) mass is 611 g/mol. The van der Waals surface area contributed by atoms with Gasteiger partial charge >= 0.3 is 15.5 Å². The second kappa shape index (κ2) is 10.9. The number of hydrogen-bond donors (Lipinski definition) is 1. The van der Waals surface area contributed by atoms with Gasteiger partial charge in [-0.25, -0.2) is 0 Å². The number of fused-ring (bicyclic) bond motifs is 1. The number of carbonyl (C=O) groups excluding carboxylic acids is 1. The Bertz CT molecular complexity index is 1590. The zero-order valence-corrected chi connectivity index (χ0v) is 23.0. The Morgan fingerprint density at radius 1 is 1.16 bits per heavy atom. The highest BCUT2D eigenvalue weighted by Crippen LogP contribution is 2.42. The molecule has 7 nitrogen and oxygen atoms in total. The number of rotatable bonds is 10. The van der Waals surface area contributed by atoms with Crippen LogP contribution in [0.25, 0.3) is 22.3 Å². The molecule has 0 unspecified atom stereocenters. The van der Waals surface area contributed by atoms with Crippen molar-refractivity contribution in [2.75, 3.05) is 4.72 Å². The molecule has 0 bridgehead atoms. The van der Waals surface area contributed by atoms with E-state index in [1.54, 1.807) is 21.5 Å². The van der Waals surface area contributed by atoms with Crippen molar-refractivity contribution >= 4 is 48.9 Å². The molecule has 0 atom stereocenters. The van der Waals surface area contributed by atoms with Gasteiger partial charge in [0.25, 0.3) is 0 Å². The summed E-state index contributed by atoms with van der Waals surface area (Å²) in [5.41, 5.74) is -2.02. The van der Waals surface area contributed by atoms with E-state index in [0.717, 1.165) is 35.9 Å². The zero-order valence-electron chi connectivity index (χ0n) is 20.6. The Morgan fingerprint density at radius 3 is 2.55 bits per heavy atom. The number of alkyl halides is 3. The van der Waals surface area contributed by atoms with E-state index in [9.17, 15) is 26.4 Å². The maximum Gasteiger partial charge on any atom is 0.516 e.